The molecule has 0 fully saturated rings. The first-order chi connectivity index (χ1) is 26.5. The normalized spacial score (nSPS) is 11.9. The molecular formula is C53H53NS. The second-order valence-electron chi connectivity index (χ2n) is 15.0. The van der Waals surface area contributed by atoms with Crippen LogP contribution in [0.3, 0.4) is 0 Å². The third-order valence-electron chi connectivity index (χ3n) is 10.8. The number of fused-ring (bicyclic) bond motifs is 6. The molecule has 1 aromatic heterocycles. The molecule has 0 aliphatic heterocycles. The minimum Gasteiger partial charge on any atom is -0.264 e. The Balaban J connectivity index is 0.000000166. The molecule has 0 N–H and O–H groups in total. The van der Waals surface area contributed by atoms with Gasteiger partial charge in [-0.2, -0.15) is 0 Å². The van der Waals surface area contributed by atoms with Crippen molar-refractivity contribution in [3.8, 4) is 22.3 Å². The molecular weight excluding hydrogens is 683 g/mol. The van der Waals surface area contributed by atoms with Gasteiger partial charge in [0.05, 0.1) is 5.69 Å². The van der Waals surface area contributed by atoms with Crippen LogP contribution < -0.4 is 0 Å². The Bertz CT molecular complexity index is 2550. The summed E-state index contributed by atoms with van der Waals surface area (Å²) in [5.41, 5.74) is 17.5. The van der Waals surface area contributed by atoms with Crippen molar-refractivity contribution in [1.29, 1.82) is 0 Å². The molecule has 0 amide bonds. The van der Waals surface area contributed by atoms with Gasteiger partial charge in [-0.1, -0.05) is 165 Å². The van der Waals surface area contributed by atoms with Crippen LogP contribution in [0.2, 0.25) is 0 Å². The summed E-state index contributed by atoms with van der Waals surface area (Å²) in [5, 5.41) is 2.79. The van der Waals surface area contributed by atoms with Gasteiger partial charge in [0.25, 0.3) is 0 Å². The zero-order valence-electron chi connectivity index (χ0n) is 33.7. The summed E-state index contributed by atoms with van der Waals surface area (Å²) >= 11 is 1.90. The highest BCUT2D eigenvalue weighted by Crippen LogP contribution is 2.53. The van der Waals surface area contributed by atoms with E-state index < -0.39 is 0 Å². The van der Waals surface area contributed by atoms with Crippen LogP contribution in [-0.4, -0.2) is 6.72 Å². The second-order valence-corrected chi connectivity index (χ2v) is 16.1. The molecule has 1 aliphatic carbocycles. The predicted octanol–water partition coefficient (Wildman–Crippen LogP) is 15.5. The van der Waals surface area contributed by atoms with Crippen molar-refractivity contribution in [2.75, 3.05) is 0 Å². The van der Waals surface area contributed by atoms with Crippen LogP contribution in [0.25, 0.3) is 42.4 Å². The number of nitrogens with zero attached hydrogens (tertiary/aromatic N) is 1. The SMILES string of the molecule is C=Nc1ccccc1C.CCc1ccc(C)cc1.Cc1ccc2c(c1-c1ccc3sc4ccccc4c3c1C)-c1ccccc1C2(C)C.Cc1ccccc1. The van der Waals surface area contributed by atoms with Crippen molar-refractivity contribution in [2.24, 2.45) is 4.99 Å². The van der Waals surface area contributed by atoms with Crippen molar-refractivity contribution >= 4 is 43.9 Å². The van der Waals surface area contributed by atoms with Crippen LogP contribution in [0.4, 0.5) is 5.69 Å². The van der Waals surface area contributed by atoms with E-state index in [0.29, 0.717) is 0 Å². The van der Waals surface area contributed by atoms with E-state index in [1.807, 2.05) is 60.7 Å². The lowest BCUT2D eigenvalue weighted by Gasteiger charge is -2.22. The van der Waals surface area contributed by atoms with Crippen LogP contribution in [0.15, 0.2) is 157 Å². The largest absolute Gasteiger partial charge is 0.264 e. The minimum absolute atomic E-state index is 0.0292. The molecule has 9 rings (SSSR count). The molecule has 0 radical (unpaired) electrons. The van der Waals surface area contributed by atoms with E-state index in [2.05, 4.69) is 169 Å². The highest BCUT2D eigenvalue weighted by molar-refractivity contribution is 7.25. The Kier molecular flexibility index (Phi) is 12.3. The van der Waals surface area contributed by atoms with Crippen molar-refractivity contribution in [3.05, 3.63) is 196 Å². The van der Waals surface area contributed by atoms with Crippen molar-refractivity contribution in [2.45, 2.75) is 67.2 Å². The summed E-state index contributed by atoms with van der Waals surface area (Å²) < 4.78 is 2.75. The van der Waals surface area contributed by atoms with E-state index in [-0.39, 0.29) is 5.41 Å². The van der Waals surface area contributed by atoms with Crippen molar-refractivity contribution < 1.29 is 0 Å². The van der Waals surface area contributed by atoms with Crippen LogP contribution in [0.5, 0.6) is 0 Å². The molecule has 1 nitrogen and oxygen atoms in total. The quantitative estimate of drug-likeness (QED) is 0.160. The van der Waals surface area contributed by atoms with Crippen LogP contribution >= 0.6 is 11.3 Å². The van der Waals surface area contributed by atoms with Gasteiger partial charge in [0.1, 0.15) is 0 Å². The average Bonchev–Trinajstić information content (AvgIpc) is 3.69. The van der Waals surface area contributed by atoms with E-state index in [1.54, 1.807) is 0 Å². The molecule has 1 heterocycles. The Labute approximate surface area is 333 Å². The molecule has 0 bridgehead atoms. The molecule has 276 valence electrons. The summed E-state index contributed by atoms with van der Waals surface area (Å²) in [6.07, 6.45) is 1.14. The Morgan fingerprint density at radius 2 is 1.16 bits per heavy atom. The minimum atomic E-state index is 0.0292. The zero-order chi connectivity index (χ0) is 39.1. The van der Waals surface area contributed by atoms with Crippen molar-refractivity contribution in [1.82, 2.24) is 0 Å². The molecule has 2 heteroatoms. The molecule has 8 aromatic rings. The summed E-state index contributed by atoms with van der Waals surface area (Å²) in [7, 11) is 0. The summed E-state index contributed by atoms with van der Waals surface area (Å²) in [6.45, 7) is 21.1. The fraction of sp³-hybridized carbons (Fsp3) is 0.189. The number of para-hydroxylation sites is 1. The molecule has 7 aromatic carbocycles. The van der Waals surface area contributed by atoms with E-state index >= 15 is 0 Å². The lowest BCUT2D eigenvalue weighted by Crippen LogP contribution is -2.14. The molecule has 0 atom stereocenters. The van der Waals surface area contributed by atoms with Gasteiger partial charge < -0.3 is 0 Å². The Hall–Kier alpha value is -5.57. The topological polar surface area (TPSA) is 12.4 Å². The number of hydrogen-bond acceptors (Lipinski definition) is 2. The lowest BCUT2D eigenvalue weighted by molar-refractivity contribution is 0.660. The molecule has 0 spiro atoms. The van der Waals surface area contributed by atoms with Crippen molar-refractivity contribution in [3.63, 3.8) is 0 Å². The molecule has 0 saturated heterocycles. The first-order valence-electron chi connectivity index (χ1n) is 19.3. The number of thiophene rings is 1. The van der Waals surface area contributed by atoms with Gasteiger partial charge in [-0.25, -0.2) is 0 Å². The van der Waals surface area contributed by atoms with Gasteiger partial charge >= 0.3 is 0 Å². The fourth-order valence-electron chi connectivity index (χ4n) is 7.60. The number of hydrogen-bond donors (Lipinski definition) is 0. The maximum atomic E-state index is 3.82. The first-order valence-corrected chi connectivity index (χ1v) is 20.1. The molecule has 1 aliphatic rings. The highest BCUT2D eigenvalue weighted by atomic mass is 32.1. The summed E-state index contributed by atoms with van der Waals surface area (Å²) in [6, 6.07) is 53.9. The standard InChI is InChI=1S/C29H24S.C9H12.C8H9N.C7H8/c1-17-13-15-23-28(20-9-5-7-11-22(20)29(23,3)4)26(17)19-14-16-25-27(18(19)2)21-10-6-8-12-24(21)30-25;1-3-9-6-4-8(2)5-7-9;1-7-5-3-4-6-8(7)9-2;1-7-5-3-2-4-6-7/h5-16H,1-4H3;4-7H,3H2,1-2H3;3-6H,2H2,1H3;2-6H,1H3. The number of aryl methyl sites for hydroxylation is 6. The second kappa shape index (κ2) is 17.3. The van der Waals surface area contributed by atoms with Gasteiger partial charge in [-0.15, -0.1) is 11.3 Å². The number of rotatable bonds is 3. The Morgan fingerprint density at radius 1 is 0.527 bits per heavy atom. The monoisotopic (exact) mass is 735 g/mol. The van der Waals surface area contributed by atoms with Gasteiger partial charge in [-0.05, 0) is 122 Å². The fourth-order valence-corrected chi connectivity index (χ4v) is 8.77. The molecule has 0 unspecified atom stereocenters. The van der Waals surface area contributed by atoms with E-state index in [4.69, 9.17) is 0 Å². The van der Waals surface area contributed by atoms with E-state index in [1.165, 1.54) is 86.9 Å². The number of benzene rings is 7. The van der Waals surface area contributed by atoms with Crippen LogP contribution in [0, 0.1) is 34.6 Å². The van der Waals surface area contributed by atoms with Crippen LogP contribution in [-0.2, 0) is 11.8 Å². The van der Waals surface area contributed by atoms with Gasteiger partial charge in [-0.3, -0.25) is 4.99 Å². The molecule has 0 saturated carbocycles. The van der Waals surface area contributed by atoms with E-state index in [9.17, 15) is 0 Å². The molecule has 55 heavy (non-hydrogen) atoms. The lowest BCUT2D eigenvalue weighted by atomic mass is 9.81. The first kappa shape index (κ1) is 39.1. The maximum absolute atomic E-state index is 3.82. The van der Waals surface area contributed by atoms with Gasteiger partial charge in [0.15, 0.2) is 0 Å². The van der Waals surface area contributed by atoms with E-state index in [0.717, 1.165) is 12.1 Å². The average molecular weight is 736 g/mol. The zero-order valence-corrected chi connectivity index (χ0v) is 34.5. The highest BCUT2D eigenvalue weighted by Gasteiger charge is 2.37. The van der Waals surface area contributed by atoms with Gasteiger partial charge in [0, 0.05) is 25.6 Å². The Morgan fingerprint density at radius 3 is 1.82 bits per heavy atom. The van der Waals surface area contributed by atoms with Crippen LogP contribution in [0.1, 0.15) is 65.3 Å². The number of aliphatic imine (C=N–C) groups is 1. The van der Waals surface area contributed by atoms with Gasteiger partial charge in [0.2, 0.25) is 0 Å². The third-order valence-corrected chi connectivity index (χ3v) is 11.9. The summed E-state index contributed by atoms with van der Waals surface area (Å²) in [4.78, 5) is 3.82. The summed E-state index contributed by atoms with van der Waals surface area (Å²) in [5.74, 6) is 0. The smallest absolute Gasteiger partial charge is 0.0651 e. The maximum Gasteiger partial charge on any atom is 0.0651 e. The third kappa shape index (κ3) is 8.41. The predicted molar refractivity (Wildman–Crippen MR) is 244 cm³/mol.